The van der Waals surface area contributed by atoms with Gasteiger partial charge in [0.15, 0.2) is 0 Å². The molecule has 3 aromatic rings. The number of nitrogens with zero attached hydrogens (tertiary/aromatic N) is 3. The molecule has 0 aliphatic heterocycles. The second kappa shape index (κ2) is 6.20. The van der Waals surface area contributed by atoms with E-state index >= 15 is 0 Å². The van der Waals surface area contributed by atoms with E-state index in [1.54, 1.807) is 0 Å². The normalized spacial score (nSPS) is 10.9. The van der Waals surface area contributed by atoms with Crippen molar-refractivity contribution in [1.29, 1.82) is 0 Å². The lowest BCUT2D eigenvalue weighted by Gasteiger charge is -2.21. The van der Waals surface area contributed by atoms with Crippen molar-refractivity contribution in [2.45, 2.75) is 6.54 Å². The zero-order chi connectivity index (χ0) is 15.7. The lowest BCUT2D eigenvalue weighted by molar-refractivity contribution is 0.917. The van der Waals surface area contributed by atoms with Gasteiger partial charge in [0.25, 0.3) is 0 Å². The number of fused-ring (bicyclic) bond motifs is 1. The second-order valence-corrected chi connectivity index (χ2v) is 6.22. The molecular formula is C16H14BrClN4. The van der Waals surface area contributed by atoms with Crippen molar-refractivity contribution in [3.05, 3.63) is 57.8 Å². The van der Waals surface area contributed by atoms with Gasteiger partial charge in [-0.15, -0.1) is 0 Å². The van der Waals surface area contributed by atoms with Crippen LogP contribution in [0.4, 0.5) is 11.5 Å². The van der Waals surface area contributed by atoms with Crippen LogP contribution in [0.15, 0.2) is 46.9 Å². The van der Waals surface area contributed by atoms with E-state index in [1.807, 2.05) is 54.4 Å². The first-order valence-corrected chi connectivity index (χ1v) is 7.91. The van der Waals surface area contributed by atoms with Crippen molar-refractivity contribution in [2.75, 3.05) is 11.9 Å². The van der Waals surface area contributed by atoms with Crippen LogP contribution in [-0.2, 0) is 6.54 Å². The molecule has 0 saturated carbocycles. The molecule has 1 aromatic heterocycles. The highest BCUT2D eigenvalue weighted by molar-refractivity contribution is 9.10. The highest BCUT2D eigenvalue weighted by atomic mass is 79.9. The summed E-state index contributed by atoms with van der Waals surface area (Å²) < 4.78 is 1.01. The van der Waals surface area contributed by atoms with Gasteiger partial charge < -0.3 is 10.6 Å². The number of benzene rings is 2. The molecule has 2 aromatic carbocycles. The minimum atomic E-state index is 0.280. The Bertz CT molecular complexity index is 837. The zero-order valence-corrected chi connectivity index (χ0v) is 14.3. The molecule has 4 nitrogen and oxygen atoms in total. The van der Waals surface area contributed by atoms with Crippen molar-refractivity contribution in [3.63, 3.8) is 0 Å². The number of rotatable bonds is 3. The Labute approximate surface area is 142 Å². The summed E-state index contributed by atoms with van der Waals surface area (Å²) in [4.78, 5) is 11.1. The molecule has 1 heterocycles. The maximum Gasteiger partial charge on any atom is 0.144 e. The van der Waals surface area contributed by atoms with Crippen LogP contribution in [0.5, 0.6) is 0 Å². The summed E-state index contributed by atoms with van der Waals surface area (Å²) in [5.74, 6) is 1.40. The Balaban J connectivity index is 2.20. The minimum absolute atomic E-state index is 0.280. The third kappa shape index (κ3) is 2.92. The van der Waals surface area contributed by atoms with Crippen molar-refractivity contribution in [3.8, 4) is 0 Å². The molecule has 0 fully saturated rings. The third-order valence-electron chi connectivity index (χ3n) is 3.38. The SMILES string of the molecule is CN(c1cccc(Br)c1)c1nc(CN)nc2cc(Cl)ccc12. The minimum Gasteiger partial charge on any atom is -0.329 e. The summed E-state index contributed by atoms with van der Waals surface area (Å²) in [5, 5.41) is 1.58. The summed E-state index contributed by atoms with van der Waals surface area (Å²) in [5.41, 5.74) is 7.54. The van der Waals surface area contributed by atoms with E-state index in [0.717, 1.165) is 26.9 Å². The van der Waals surface area contributed by atoms with Gasteiger partial charge in [0.05, 0.1) is 12.1 Å². The lowest BCUT2D eigenvalue weighted by Crippen LogP contribution is -2.14. The van der Waals surface area contributed by atoms with Crippen LogP contribution in [0.2, 0.25) is 5.02 Å². The molecule has 2 N–H and O–H groups in total. The van der Waals surface area contributed by atoms with Gasteiger partial charge in [0, 0.05) is 27.6 Å². The van der Waals surface area contributed by atoms with Crippen LogP contribution in [-0.4, -0.2) is 17.0 Å². The molecule has 0 aliphatic carbocycles. The third-order valence-corrected chi connectivity index (χ3v) is 4.11. The van der Waals surface area contributed by atoms with Gasteiger partial charge in [-0.25, -0.2) is 9.97 Å². The van der Waals surface area contributed by atoms with Crippen molar-refractivity contribution in [1.82, 2.24) is 9.97 Å². The quantitative estimate of drug-likeness (QED) is 0.740. The second-order valence-electron chi connectivity index (χ2n) is 4.87. The molecule has 0 amide bonds. The molecule has 112 valence electrons. The van der Waals surface area contributed by atoms with Gasteiger partial charge in [-0.1, -0.05) is 33.6 Å². The Morgan fingerprint density at radius 3 is 2.73 bits per heavy atom. The molecule has 0 atom stereocenters. The fourth-order valence-electron chi connectivity index (χ4n) is 2.29. The summed E-state index contributed by atoms with van der Waals surface area (Å²) in [6, 6.07) is 13.6. The van der Waals surface area contributed by atoms with E-state index in [1.165, 1.54) is 0 Å². The van der Waals surface area contributed by atoms with Crippen LogP contribution < -0.4 is 10.6 Å². The average Bonchev–Trinajstić information content (AvgIpc) is 2.52. The number of hydrogen-bond acceptors (Lipinski definition) is 4. The Kier molecular flexibility index (Phi) is 4.29. The van der Waals surface area contributed by atoms with E-state index in [0.29, 0.717) is 10.8 Å². The standard InChI is InChI=1S/C16H14BrClN4/c1-22(12-4-2-3-10(17)7-12)16-13-6-5-11(18)8-14(13)20-15(9-19)21-16/h2-8H,9,19H2,1H3. The molecule has 0 unspecified atom stereocenters. The molecule has 3 rings (SSSR count). The predicted molar refractivity (Wildman–Crippen MR) is 94.6 cm³/mol. The number of anilines is 2. The van der Waals surface area contributed by atoms with Crippen LogP contribution in [0, 0.1) is 0 Å². The summed E-state index contributed by atoms with van der Waals surface area (Å²) in [6.45, 7) is 0.280. The molecule has 0 bridgehead atoms. The molecule has 0 aliphatic rings. The molecule has 22 heavy (non-hydrogen) atoms. The van der Waals surface area contributed by atoms with Gasteiger partial charge in [0.2, 0.25) is 0 Å². The predicted octanol–water partition coefficient (Wildman–Crippen LogP) is 4.27. The first-order valence-electron chi connectivity index (χ1n) is 6.74. The van der Waals surface area contributed by atoms with E-state index in [2.05, 4.69) is 25.9 Å². The van der Waals surface area contributed by atoms with Crippen LogP contribution in [0.25, 0.3) is 10.9 Å². The molecular weight excluding hydrogens is 364 g/mol. The van der Waals surface area contributed by atoms with E-state index < -0.39 is 0 Å². The molecule has 0 spiro atoms. The summed E-state index contributed by atoms with van der Waals surface area (Å²) >= 11 is 9.57. The largest absolute Gasteiger partial charge is 0.329 e. The highest BCUT2D eigenvalue weighted by Crippen LogP contribution is 2.31. The first kappa shape index (κ1) is 15.2. The fraction of sp³-hybridized carbons (Fsp3) is 0.125. The highest BCUT2D eigenvalue weighted by Gasteiger charge is 2.13. The first-order chi connectivity index (χ1) is 10.6. The van der Waals surface area contributed by atoms with Gasteiger partial charge in [-0.05, 0) is 36.4 Å². The Morgan fingerprint density at radius 2 is 2.00 bits per heavy atom. The molecule has 0 radical (unpaired) electrons. The fourth-order valence-corrected chi connectivity index (χ4v) is 2.84. The Morgan fingerprint density at radius 1 is 1.18 bits per heavy atom. The van der Waals surface area contributed by atoms with Crippen LogP contribution >= 0.6 is 27.5 Å². The van der Waals surface area contributed by atoms with E-state index in [4.69, 9.17) is 17.3 Å². The number of hydrogen-bond donors (Lipinski definition) is 1. The number of halogens is 2. The van der Waals surface area contributed by atoms with E-state index in [9.17, 15) is 0 Å². The monoisotopic (exact) mass is 376 g/mol. The lowest BCUT2D eigenvalue weighted by atomic mass is 10.2. The van der Waals surface area contributed by atoms with E-state index in [-0.39, 0.29) is 6.54 Å². The van der Waals surface area contributed by atoms with Crippen LogP contribution in [0.1, 0.15) is 5.82 Å². The topological polar surface area (TPSA) is 55.0 Å². The molecule has 0 saturated heterocycles. The van der Waals surface area contributed by atoms with Gasteiger partial charge in [0.1, 0.15) is 11.6 Å². The maximum absolute atomic E-state index is 6.07. The summed E-state index contributed by atoms with van der Waals surface area (Å²) in [6.07, 6.45) is 0. The van der Waals surface area contributed by atoms with Crippen LogP contribution in [0.3, 0.4) is 0 Å². The average molecular weight is 378 g/mol. The van der Waals surface area contributed by atoms with Gasteiger partial charge in [-0.3, -0.25) is 0 Å². The Hall–Kier alpha value is -1.69. The van der Waals surface area contributed by atoms with Crippen molar-refractivity contribution >= 4 is 49.9 Å². The molecule has 6 heteroatoms. The smallest absolute Gasteiger partial charge is 0.144 e. The maximum atomic E-state index is 6.07. The van der Waals surface area contributed by atoms with Gasteiger partial charge in [-0.2, -0.15) is 0 Å². The van der Waals surface area contributed by atoms with Gasteiger partial charge >= 0.3 is 0 Å². The zero-order valence-electron chi connectivity index (χ0n) is 11.9. The number of nitrogens with two attached hydrogens (primary N) is 1. The van der Waals surface area contributed by atoms with Crippen molar-refractivity contribution in [2.24, 2.45) is 5.73 Å². The summed E-state index contributed by atoms with van der Waals surface area (Å²) in [7, 11) is 1.97. The number of aromatic nitrogens is 2. The van der Waals surface area contributed by atoms with Crippen molar-refractivity contribution < 1.29 is 0 Å².